The van der Waals surface area contributed by atoms with E-state index in [2.05, 4.69) is 15.1 Å². The number of ether oxygens (including phenoxy) is 1. The molecule has 3 rings (SSSR count). The number of hydrogen-bond donors (Lipinski definition) is 1. The van der Waals surface area contributed by atoms with Gasteiger partial charge in [-0.3, -0.25) is 4.79 Å². The van der Waals surface area contributed by atoms with Crippen molar-refractivity contribution in [3.05, 3.63) is 34.9 Å². The van der Waals surface area contributed by atoms with Crippen molar-refractivity contribution in [1.29, 1.82) is 0 Å². The molecule has 0 aliphatic heterocycles. The Kier molecular flexibility index (Phi) is 2.88. The lowest BCUT2D eigenvalue weighted by Gasteiger charge is -2.02. The third-order valence-electron chi connectivity index (χ3n) is 2.77. The number of methoxy groups -OCH3 is 1. The van der Waals surface area contributed by atoms with E-state index in [4.69, 9.17) is 9.15 Å². The highest BCUT2D eigenvalue weighted by molar-refractivity contribution is 5.75. The van der Waals surface area contributed by atoms with Crippen LogP contribution >= 0.6 is 0 Å². The third kappa shape index (κ3) is 2.04. The molecule has 0 aromatic carbocycles. The van der Waals surface area contributed by atoms with Gasteiger partial charge in [0, 0.05) is 7.11 Å². The molecule has 0 fully saturated rings. The number of aromatic amines is 1. The van der Waals surface area contributed by atoms with E-state index in [0.29, 0.717) is 35.8 Å². The fraction of sp³-hybridized carbons (Fsp3) is 0.250. The van der Waals surface area contributed by atoms with E-state index in [9.17, 15) is 4.79 Å². The average Bonchev–Trinajstić information content (AvgIpc) is 3.06. The standard InChI is InChI=1S/C12H12N4O3/c1-18-6-4-16-11-8(7-13-16)12(17)15-10(14-11)9-3-2-5-19-9/h2-3,5,7H,4,6H2,1H3,(H,14,15,17). The number of fused-ring (bicyclic) bond motifs is 1. The molecule has 7 heteroatoms. The van der Waals surface area contributed by atoms with Crippen LogP contribution in [0.2, 0.25) is 0 Å². The van der Waals surface area contributed by atoms with Crippen LogP contribution in [-0.4, -0.2) is 33.5 Å². The van der Waals surface area contributed by atoms with E-state index in [1.807, 2.05) is 0 Å². The number of nitrogens with zero attached hydrogens (tertiary/aromatic N) is 3. The number of nitrogens with one attached hydrogen (secondary N) is 1. The molecule has 0 atom stereocenters. The molecular weight excluding hydrogens is 248 g/mol. The van der Waals surface area contributed by atoms with Crippen molar-refractivity contribution >= 4 is 11.0 Å². The minimum atomic E-state index is -0.236. The maximum atomic E-state index is 12.0. The van der Waals surface area contributed by atoms with Gasteiger partial charge in [0.1, 0.15) is 5.39 Å². The van der Waals surface area contributed by atoms with Gasteiger partial charge in [-0.2, -0.15) is 5.10 Å². The molecule has 0 spiro atoms. The predicted octanol–water partition coefficient (Wildman–Crippen LogP) is 1.03. The molecule has 7 nitrogen and oxygen atoms in total. The van der Waals surface area contributed by atoms with E-state index in [-0.39, 0.29) is 5.56 Å². The first-order valence-corrected chi connectivity index (χ1v) is 5.78. The highest BCUT2D eigenvalue weighted by Gasteiger charge is 2.12. The van der Waals surface area contributed by atoms with Gasteiger partial charge in [-0.15, -0.1) is 0 Å². The van der Waals surface area contributed by atoms with E-state index < -0.39 is 0 Å². The number of aromatic nitrogens is 4. The maximum Gasteiger partial charge on any atom is 0.262 e. The molecule has 98 valence electrons. The average molecular weight is 260 g/mol. The molecule has 19 heavy (non-hydrogen) atoms. The van der Waals surface area contributed by atoms with Crippen LogP contribution in [0.4, 0.5) is 0 Å². The van der Waals surface area contributed by atoms with Crippen molar-refractivity contribution in [2.24, 2.45) is 0 Å². The second-order valence-electron chi connectivity index (χ2n) is 3.99. The first kappa shape index (κ1) is 11.7. The summed E-state index contributed by atoms with van der Waals surface area (Å²) in [6.45, 7) is 1.04. The summed E-state index contributed by atoms with van der Waals surface area (Å²) >= 11 is 0. The molecule has 0 saturated carbocycles. The molecule has 1 N–H and O–H groups in total. The Hall–Kier alpha value is -2.41. The number of hydrogen-bond acceptors (Lipinski definition) is 5. The molecule has 0 aliphatic rings. The van der Waals surface area contributed by atoms with Gasteiger partial charge in [0.05, 0.1) is 25.6 Å². The van der Waals surface area contributed by atoms with Gasteiger partial charge >= 0.3 is 0 Å². The molecule has 3 aromatic heterocycles. The molecule has 3 heterocycles. The Morgan fingerprint density at radius 1 is 1.53 bits per heavy atom. The van der Waals surface area contributed by atoms with Crippen molar-refractivity contribution in [2.45, 2.75) is 6.54 Å². The summed E-state index contributed by atoms with van der Waals surface area (Å²) in [5.41, 5.74) is 0.285. The maximum absolute atomic E-state index is 12.0. The van der Waals surface area contributed by atoms with Crippen LogP contribution in [-0.2, 0) is 11.3 Å². The summed E-state index contributed by atoms with van der Waals surface area (Å²) in [6, 6.07) is 3.47. The van der Waals surface area contributed by atoms with Gasteiger partial charge in [0.2, 0.25) is 0 Å². The fourth-order valence-corrected chi connectivity index (χ4v) is 1.84. The van der Waals surface area contributed by atoms with Gasteiger partial charge < -0.3 is 14.1 Å². The first-order valence-electron chi connectivity index (χ1n) is 5.78. The van der Waals surface area contributed by atoms with Gasteiger partial charge in [0.15, 0.2) is 17.2 Å². The molecule has 0 bridgehead atoms. The summed E-state index contributed by atoms with van der Waals surface area (Å²) in [7, 11) is 1.61. The van der Waals surface area contributed by atoms with Crippen molar-refractivity contribution in [1.82, 2.24) is 19.7 Å². The van der Waals surface area contributed by atoms with Crippen LogP contribution in [0.3, 0.4) is 0 Å². The second-order valence-corrected chi connectivity index (χ2v) is 3.99. The normalized spacial score (nSPS) is 11.2. The summed E-state index contributed by atoms with van der Waals surface area (Å²) in [5.74, 6) is 0.903. The minimum Gasteiger partial charge on any atom is -0.461 e. The monoisotopic (exact) mass is 260 g/mol. The molecule has 0 aliphatic carbocycles. The van der Waals surface area contributed by atoms with Gasteiger partial charge in [-0.1, -0.05) is 0 Å². The lowest BCUT2D eigenvalue weighted by molar-refractivity contribution is 0.184. The summed E-state index contributed by atoms with van der Waals surface area (Å²) < 4.78 is 11.9. The Labute approximate surface area is 107 Å². The minimum absolute atomic E-state index is 0.236. The summed E-state index contributed by atoms with van der Waals surface area (Å²) in [5, 5.41) is 4.59. The Morgan fingerprint density at radius 2 is 2.42 bits per heavy atom. The van der Waals surface area contributed by atoms with Crippen molar-refractivity contribution in [3.8, 4) is 11.6 Å². The Bertz CT molecular complexity index is 742. The summed E-state index contributed by atoms with van der Waals surface area (Å²) in [4.78, 5) is 19.0. The number of H-pyrrole nitrogens is 1. The molecule has 0 unspecified atom stereocenters. The zero-order valence-electron chi connectivity index (χ0n) is 10.3. The number of furan rings is 1. The highest BCUT2D eigenvalue weighted by atomic mass is 16.5. The van der Waals surface area contributed by atoms with E-state index in [1.54, 1.807) is 23.9 Å². The zero-order valence-corrected chi connectivity index (χ0v) is 10.3. The Morgan fingerprint density at radius 3 is 3.16 bits per heavy atom. The molecule has 0 saturated heterocycles. The van der Waals surface area contributed by atoms with Crippen LogP contribution in [0.15, 0.2) is 33.8 Å². The first-order chi connectivity index (χ1) is 9.29. The second kappa shape index (κ2) is 4.69. The van der Waals surface area contributed by atoms with Gasteiger partial charge in [-0.25, -0.2) is 9.67 Å². The van der Waals surface area contributed by atoms with Crippen LogP contribution in [0.1, 0.15) is 0 Å². The van der Waals surface area contributed by atoms with Crippen LogP contribution in [0.25, 0.3) is 22.6 Å². The SMILES string of the molecule is COCCn1ncc2c(=O)[nH]c(-c3ccco3)nc21. The molecule has 0 radical (unpaired) electrons. The van der Waals surface area contributed by atoms with E-state index in [1.165, 1.54) is 12.5 Å². The topological polar surface area (TPSA) is 85.9 Å². The van der Waals surface area contributed by atoms with E-state index in [0.717, 1.165) is 0 Å². The molecular formula is C12H12N4O3. The third-order valence-corrected chi connectivity index (χ3v) is 2.77. The predicted molar refractivity (Wildman–Crippen MR) is 67.7 cm³/mol. The molecule has 0 amide bonds. The van der Waals surface area contributed by atoms with Gasteiger partial charge in [-0.05, 0) is 12.1 Å². The highest BCUT2D eigenvalue weighted by Crippen LogP contribution is 2.16. The van der Waals surface area contributed by atoms with Crippen molar-refractivity contribution in [3.63, 3.8) is 0 Å². The Balaban J connectivity index is 2.14. The van der Waals surface area contributed by atoms with E-state index >= 15 is 0 Å². The lowest BCUT2D eigenvalue weighted by atomic mass is 10.4. The van der Waals surface area contributed by atoms with Crippen LogP contribution < -0.4 is 5.56 Å². The zero-order chi connectivity index (χ0) is 13.2. The van der Waals surface area contributed by atoms with Crippen molar-refractivity contribution < 1.29 is 9.15 Å². The quantitative estimate of drug-likeness (QED) is 0.757. The smallest absolute Gasteiger partial charge is 0.262 e. The number of rotatable bonds is 4. The van der Waals surface area contributed by atoms with Crippen LogP contribution in [0, 0.1) is 0 Å². The van der Waals surface area contributed by atoms with Gasteiger partial charge in [0.25, 0.3) is 5.56 Å². The fourth-order valence-electron chi connectivity index (χ4n) is 1.84. The lowest BCUT2D eigenvalue weighted by Crippen LogP contribution is -2.11. The van der Waals surface area contributed by atoms with Crippen molar-refractivity contribution in [2.75, 3.05) is 13.7 Å². The molecule has 3 aromatic rings. The largest absolute Gasteiger partial charge is 0.461 e. The van der Waals surface area contributed by atoms with Crippen LogP contribution in [0.5, 0.6) is 0 Å². The summed E-state index contributed by atoms with van der Waals surface area (Å²) in [6.07, 6.45) is 3.03.